The molecule has 1 aromatic carbocycles. The van der Waals surface area contributed by atoms with Gasteiger partial charge in [-0.05, 0) is 17.7 Å². The predicted octanol–water partition coefficient (Wildman–Crippen LogP) is 1.21. The summed E-state index contributed by atoms with van der Waals surface area (Å²) >= 11 is 0. The van der Waals surface area contributed by atoms with Crippen LogP contribution in [0.3, 0.4) is 0 Å². The molecule has 13 heavy (non-hydrogen) atoms. The first-order valence-corrected chi connectivity index (χ1v) is 3.98. The normalized spacial score (nSPS) is 21.0. The van der Waals surface area contributed by atoms with Gasteiger partial charge in [-0.1, -0.05) is 12.1 Å². The van der Waals surface area contributed by atoms with E-state index in [-0.39, 0.29) is 17.9 Å². The fourth-order valence-corrected chi connectivity index (χ4v) is 1.24. The van der Waals surface area contributed by atoms with E-state index in [1.54, 1.807) is 12.1 Å². The van der Waals surface area contributed by atoms with Crippen LogP contribution in [0.1, 0.15) is 11.7 Å². The highest BCUT2D eigenvalue weighted by Gasteiger charge is 2.19. The Hall–Kier alpha value is -1.58. The molecule has 1 atom stereocenters. The van der Waals surface area contributed by atoms with Crippen LogP contribution < -0.4 is 5.73 Å². The minimum atomic E-state index is -0.254. The Labute approximate surface area is 75.0 Å². The van der Waals surface area contributed by atoms with Crippen LogP contribution in [0.15, 0.2) is 29.3 Å². The molecule has 0 spiro atoms. The van der Waals surface area contributed by atoms with Crippen molar-refractivity contribution < 1.29 is 9.13 Å². The topological polar surface area (TPSA) is 47.6 Å². The van der Waals surface area contributed by atoms with Crippen molar-refractivity contribution >= 4 is 6.02 Å². The summed E-state index contributed by atoms with van der Waals surface area (Å²) < 4.78 is 17.7. The lowest BCUT2D eigenvalue weighted by molar-refractivity contribution is 0.226. The van der Waals surface area contributed by atoms with Crippen molar-refractivity contribution in [3.63, 3.8) is 0 Å². The first-order valence-electron chi connectivity index (χ1n) is 3.98. The Morgan fingerprint density at radius 3 is 2.62 bits per heavy atom. The quantitative estimate of drug-likeness (QED) is 0.706. The van der Waals surface area contributed by atoms with Crippen molar-refractivity contribution in [2.24, 2.45) is 10.7 Å². The molecule has 0 saturated heterocycles. The molecule has 4 heteroatoms. The van der Waals surface area contributed by atoms with Crippen LogP contribution in [-0.2, 0) is 4.74 Å². The molecule has 1 aliphatic heterocycles. The van der Waals surface area contributed by atoms with Crippen molar-refractivity contribution in [2.75, 3.05) is 6.54 Å². The van der Waals surface area contributed by atoms with Gasteiger partial charge in [0, 0.05) is 0 Å². The molecule has 1 unspecified atom stereocenters. The number of hydrogen-bond donors (Lipinski definition) is 1. The first-order chi connectivity index (χ1) is 6.25. The van der Waals surface area contributed by atoms with Gasteiger partial charge in [-0.3, -0.25) is 0 Å². The molecular weight excluding hydrogens is 171 g/mol. The van der Waals surface area contributed by atoms with E-state index in [4.69, 9.17) is 10.5 Å². The van der Waals surface area contributed by atoms with Crippen LogP contribution in [0.5, 0.6) is 0 Å². The standard InChI is InChI=1S/C9H9FN2O/c10-7-3-1-6(2-4-7)8-5-12-9(11)13-8/h1-4,8H,5H2,(H2,11,12). The molecule has 0 aliphatic carbocycles. The second-order valence-electron chi connectivity index (χ2n) is 2.84. The summed E-state index contributed by atoms with van der Waals surface area (Å²) in [5.41, 5.74) is 6.24. The summed E-state index contributed by atoms with van der Waals surface area (Å²) in [5.74, 6) is -0.254. The molecule has 0 saturated carbocycles. The zero-order valence-electron chi connectivity index (χ0n) is 6.90. The number of nitrogens with two attached hydrogens (primary N) is 1. The number of hydrogen-bond acceptors (Lipinski definition) is 3. The van der Waals surface area contributed by atoms with E-state index in [0.717, 1.165) is 5.56 Å². The predicted molar refractivity (Wildman–Crippen MR) is 46.7 cm³/mol. The third kappa shape index (κ3) is 1.61. The lowest BCUT2D eigenvalue weighted by Gasteiger charge is -2.09. The zero-order valence-corrected chi connectivity index (χ0v) is 6.90. The molecule has 0 aromatic heterocycles. The van der Waals surface area contributed by atoms with E-state index in [1.807, 2.05) is 0 Å². The Balaban J connectivity index is 2.14. The Morgan fingerprint density at radius 1 is 1.38 bits per heavy atom. The van der Waals surface area contributed by atoms with Gasteiger partial charge in [-0.25, -0.2) is 9.38 Å². The monoisotopic (exact) mass is 180 g/mol. The molecular formula is C9H9FN2O. The molecule has 3 nitrogen and oxygen atoms in total. The average molecular weight is 180 g/mol. The molecule has 68 valence electrons. The summed E-state index contributed by atoms with van der Waals surface area (Å²) in [6.45, 7) is 0.511. The number of amidine groups is 1. The van der Waals surface area contributed by atoms with Gasteiger partial charge >= 0.3 is 0 Å². The largest absolute Gasteiger partial charge is 0.455 e. The molecule has 2 N–H and O–H groups in total. The number of halogens is 1. The second kappa shape index (κ2) is 3.05. The van der Waals surface area contributed by atoms with Gasteiger partial charge in [0.2, 0.25) is 0 Å². The highest BCUT2D eigenvalue weighted by atomic mass is 19.1. The van der Waals surface area contributed by atoms with Gasteiger partial charge < -0.3 is 10.5 Å². The molecule has 0 radical (unpaired) electrons. The summed E-state index contributed by atoms with van der Waals surface area (Å²) in [6, 6.07) is 6.34. The summed E-state index contributed by atoms with van der Waals surface area (Å²) in [6.07, 6.45) is -0.152. The zero-order chi connectivity index (χ0) is 9.26. The molecule has 0 amide bonds. The highest BCUT2D eigenvalue weighted by molar-refractivity contribution is 5.73. The minimum Gasteiger partial charge on any atom is -0.455 e. The SMILES string of the molecule is NC1=NCC(c2ccc(F)cc2)O1. The van der Waals surface area contributed by atoms with E-state index in [9.17, 15) is 4.39 Å². The third-order valence-corrected chi connectivity index (χ3v) is 1.92. The lowest BCUT2D eigenvalue weighted by Crippen LogP contribution is -2.13. The summed E-state index contributed by atoms with van der Waals surface area (Å²) in [5, 5.41) is 0. The molecule has 1 aromatic rings. The number of aliphatic imine (C=N–C) groups is 1. The Kier molecular flexibility index (Phi) is 1.88. The van der Waals surface area contributed by atoms with Crippen LogP contribution in [0.2, 0.25) is 0 Å². The fraction of sp³-hybridized carbons (Fsp3) is 0.222. The van der Waals surface area contributed by atoms with Crippen molar-refractivity contribution in [1.29, 1.82) is 0 Å². The van der Waals surface area contributed by atoms with Gasteiger partial charge in [0.1, 0.15) is 11.9 Å². The first kappa shape index (κ1) is 8.04. The summed E-state index contributed by atoms with van der Waals surface area (Å²) in [7, 11) is 0. The van der Waals surface area contributed by atoms with Crippen molar-refractivity contribution in [3.8, 4) is 0 Å². The number of rotatable bonds is 1. The van der Waals surface area contributed by atoms with Gasteiger partial charge in [-0.2, -0.15) is 0 Å². The molecule has 0 fully saturated rings. The third-order valence-electron chi connectivity index (χ3n) is 1.92. The van der Waals surface area contributed by atoms with Gasteiger partial charge in [0.25, 0.3) is 6.02 Å². The van der Waals surface area contributed by atoms with Gasteiger partial charge in [-0.15, -0.1) is 0 Å². The van der Waals surface area contributed by atoms with E-state index < -0.39 is 0 Å². The van der Waals surface area contributed by atoms with Gasteiger partial charge in [0.05, 0.1) is 6.54 Å². The van der Waals surface area contributed by atoms with Crippen molar-refractivity contribution in [2.45, 2.75) is 6.10 Å². The van der Waals surface area contributed by atoms with Crippen LogP contribution in [0.25, 0.3) is 0 Å². The fourth-order valence-electron chi connectivity index (χ4n) is 1.24. The second-order valence-corrected chi connectivity index (χ2v) is 2.84. The maximum atomic E-state index is 12.6. The van der Waals surface area contributed by atoms with E-state index >= 15 is 0 Å². The van der Waals surface area contributed by atoms with Crippen LogP contribution in [-0.4, -0.2) is 12.6 Å². The minimum absolute atomic E-state index is 0.152. The van der Waals surface area contributed by atoms with E-state index in [2.05, 4.69) is 4.99 Å². The van der Waals surface area contributed by atoms with E-state index in [1.165, 1.54) is 12.1 Å². The average Bonchev–Trinajstić information content (AvgIpc) is 2.53. The maximum absolute atomic E-state index is 12.6. The number of nitrogens with zero attached hydrogens (tertiary/aromatic N) is 1. The smallest absolute Gasteiger partial charge is 0.282 e. The van der Waals surface area contributed by atoms with Crippen molar-refractivity contribution in [3.05, 3.63) is 35.6 Å². The van der Waals surface area contributed by atoms with E-state index in [0.29, 0.717) is 6.54 Å². The molecule has 0 bridgehead atoms. The Morgan fingerprint density at radius 2 is 2.08 bits per heavy atom. The molecule has 1 heterocycles. The molecule has 2 rings (SSSR count). The number of benzene rings is 1. The van der Waals surface area contributed by atoms with Crippen LogP contribution in [0.4, 0.5) is 4.39 Å². The molecule has 1 aliphatic rings. The number of ether oxygens (including phenoxy) is 1. The summed E-state index contributed by atoms with van der Waals surface area (Å²) in [4.78, 5) is 3.89. The Bertz CT molecular complexity index is 334. The van der Waals surface area contributed by atoms with Crippen LogP contribution >= 0.6 is 0 Å². The maximum Gasteiger partial charge on any atom is 0.282 e. The van der Waals surface area contributed by atoms with Gasteiger partial charge in [0.15, 0.2) is 0 Å². The highest BCUT2D eigenvalue weighted by Crippen LogP contribution is 2.21. The lowest BCUT2D eigenvalue weighted by atomic mass is 10.1. The van der Waals surface area contributed by atoms with Crippen molar-refractivity contribution in [1.82, 2.24) is 0 Å². The van der Waals surface area contributed by atoms with Crippen LogP contribution in [0, 0.1) is 5.82 Å².